The number of halogens is 3. The van der Waals surface area contributed by atoms with Gasteiger partial charge in [0.15, 0.2) is 0 Å². The Balaban J connectivity index is 3.02. The van der Waals surface area contributed by atoms with Gasteiger partial charge in [-0.25, -0.2) is 4.79 Å². The van der Waals surface area contributed by atoms with Gasteiger partial charge in [0.25, 0.3) is 5.60 Å². The first-order valence-corrected chi connectivity index (χ1v) is 5.22. The standard InChI is InChI=1S/C11H13F3O4/c1-3-17-9(15)10(16,11(12,13)14)6-8-5-4-7(2)18-8/h4-5,16H,3,6H2,1-2H3. The van der Waals surface area contributed by atoms with Gasteiger partial charge in [-0.05, 0) is 26.0 Å². The van der Waals surface area contributed by atoms with Crippen molar-refractivity contribution in [2.24, 2.45) is 0 Å². The van der Waals surface area contributed by atoms with Gasteiger partial charge in [-0.3, -0.25) is 0 Å². The maximum atomic E-state index is 12.8. The molecule has 1 atom stereocenters. The number of hydrogen-bond donors (Lipinski definition) is 1. The Kier molecular flexibility index (Phi) is 4.05. The second-order valence-corrected chi connectivity index (χ2v) is 3.77. The first-order chi connectivity index (χ1) is 8.20. The Labute approximate surface area is 101 Å². The summed E-state index contributed by atoms with van der Waals surface area (Å²) in [5.74, 6) is -1.48. The number of ether oxygens (including phenoxy) is 1. The number of rotatable bonds is 4. The third-order valence-electron chi connectivity index (χ3n) is 2.31. The smallest absolute Gasteiger partial charge is 0.428 e. The van der Waals surface area contributed by atoms with Crippen LogP contribution in [0.2, 0.25) is 0 Å². The fraction of sp³-hybridized carbons (Fsp3) is 0.545. The van der Waals surface area contributed by atoms with E-state index in [1.54, 1.807) is 6.92 Å². The third kappa shape index (κ3) is 2.84. The second kappa shape index (κ2) is 5.01. The lowest BCUT2D eigenvalue weighted by molar-refractivity contribution is -0.263. The van der Waals surface area contributed by atoms with Crippen molar-refractivity contribution < 1.29 is 32.2 Å². The summed E-state index contributed by atoms with van der Waals surface area (Å²) in [6.45, 7) is 2.64. The zero-order chi connectivity index (χ0) is 14.0. The molecule has 0 aromatic carbocycles. The fourth-order valence-corrected chi connectivity index (χ4v) is 1.37. The topological polar surface area (TPSA) is 59.7 Å². The molecule has 0 bridgehead atoms. The number of carbonyl (C=O) groups is 1. The zero-order valence-electron chi connectivity index (χ0n) is 9.87. The molecule has 1 rings (SSSR count). The first-order valence-electron chi connectivity index (χ1n) is 5.22. The van der Waals surface area contributed by atoms with Gasteiger partial charge in [0, 0.05) is 0 Å². The normalized spacial score (nSPS) is 15.2. The van der Waals surface area contributed by atoms with Crippen LogP contribution in [0, 0.1) is 6.92 Å². The van der Waals surface area contributed by atoms with Gasteiger partial charge in [0.2, 0.25) is 0 Å². The largest absolute Gasteiger partial charge is 0.466 e. The van der Waals surface area contributed by atoms with Gasteiger partial charge in [0.1, 0.15) is 11.5 Å². The van der Waals surface area contributed by atoms with Crippen molar-refractivity contribution in [3.05, 3.63) is 23.7 Å². The highest BCUT2D eigenvalue weighted by Gasteiger charge is 2.61. The number of hydrogen-bond acceptors (Lipinski definition) is 4. The van der Waals surface area contributed by atoms with E-state index in [4.69, 9.17) is 4.42 Å². The van der Waals surface area contributed by atoms with E-state index in [1.807, 2.05) is 0 Å². The van der Waals surface area contributed by atoms with E-state index in [0.717, 1.165) is 0 Å². The summed E-state index contributed by atoms with van der Waals surface area (Å²) in [6.07, 6.45) is -6.15. The molecule has 0 fully saturated rings. The van der Waals surface area contributed by atoms with E-state index in [2.05, 4.69) is 4.74 Å². The number of esters is 1. The Hall–Kier alpha value is -1.50. The van der Waals surface area contributed by atoms with Crippen LogP contribution >= 0.6 is 0 Å². The van der Waals surface area contributed by atoms with Crippen LogP contribution < -0.4 is 0 Å². The SMILES string of the molecule is CCOC(=O)C(O)(Cc1ccc(C)o1)C(F)(F)F. The average Bonchev–Trinajstić information content (AvgIpc) is 2.62. The van der Waals surface area contributed by atoms with Crippen LogP contribution in [-0.2, 0) is 16.0 Å². The molecule has 1 unspecified atom stereocenters. The molecular formula is C11H13F3O4. The van der Waals surface area contributed by atoms with Crippen molar-refractivity contribution in [3.63, 3.8) is 0 Å². The van der Waals surface area contributed by atoms with Crippen molar-refractivity contribution in [1.29, 1.82) is 0 Å². The molecule has 1 N–H and O–H groups in total. The van der Waals surface area contributed by atoms with Crippen molar-refractivity contribution in [2.45, 2.75) is 32.0 Å². The molecule has 1 aromatic heterocycles. The van der Waals surface area contributed by atoms with Gasteiger partial charge >= 0.3 is 12.1 Å². The molecule has 102 valence electrons. The molecule has 0 radical (unpaired) electrons. The highest BCUT2D eigenvalue weighted by Crippen LogP contribution is 2.34. The van der Waals surface area contributed by atoms with Crippen LogP contribution in [0.3, 0.4) is 0 Å². The minimum absolute atomic E-state index is 0.139. The zero-order valence-corrected chi connectivity index (χ0v) is 9.87. The molecule has 18 heavy (non-hydrogen) atoms. The molecule has 0 aliphatic rings. The predicted octanol–water partition coefficient (Wildman–Crippen LogP) is 1.99. The summed E-state index contributed by atoms with van der Waals surface area (Å²) in [7, 11) is 0. The van der Waals surface area contributed by atoms with Crippen molar-refractivity contribution in [1.82, 2.24) is 0 Å². The van der Waals surface area contributed by atoms with E-state index in [1.165, 1.54) is 19.1 Å². The van der Waals surface area contributed by atoms with Crippen molar-refractivity contribution in [3.8, 4) is 0 Å². The summed E-state index contributed by atoms with van der Waals surface area (Å²) in [4.78, 5) is 11.3. The van der Waals surface area contributed by atoms with E-state index >= 15 is 0 Å². The summed E-state index contributed by atoms with van der Waals surface area (Å²) in [6, 6.07) is 2.71. The lowest BCUT2D eigenvalue weighted by atomic mass is 9.97. The summed E-state index contributed by atoms with van der Waals surface area (Å²) in [5.41, 5.74) is -3.59. The third-order valence-corrected chi connectivity index (χ3v) is 2.31. The number of furan rings is 1. The van der Waals surface area contributed by atoms with Gasteiger partial charge in [-0.1, -0.05) is 0 Å². The molecule has 1 heterocycles. The number of aliphatic hydroxyl groups is 1. The molecule has 0 aliphatic heterocycles. The van der Waals surface area contributed by atoms with Gasteiger partial charge in [-0.2, -0.15) is 13.2 Å². The number of carbonyl (C=O) groups excluding carboxylic acids is 1. The quantitative estimate of drug-likeness (QED) is 0.847. The molecule has 1 aromatic rings. The monoisotopic (exact) mass is 266 g/mol. The number of aryl methyl sites for hydroxylation is 1. The minimum Gasteiger partial charge on any atom is -0.466 e. The lowest BCUT2D eigenvalue weighted by Crippen LogP contribution is -2.54. The van der Waals surface area contributed by atoms with Gasteiger partial charge in [-0.15, -0.1) is 0 Å². The molecule has 0 saturated carbocycles. The van der Waals surface area contributed by atoms with Crippen LogP contribution in [-0.4, -0.2) is 29.5 Å². The Morgan fingerprint density at radius 3 is 2.44 bits per heavy atom. The Morgan fingerprint density at radius 2 is 2.06 bits per heavy atom. The van der Waals surface area contributed by atoms with Crippen LogP contribution in [0.25, 0.3) is 0 Å². The summed E-state index contributed by atoms with van der Waals surface area (Å²) < 4.78 is 47.5. The fourth-order valence-electron chi connectivity index (χ4n) is 1.37. The van der Waals surface area contributed by atoms with Gasteiger partial charge in [0.05, 0.1) is 13.0 Å². The predicted molar refractivity (Wildman–Crippen MR) is 54.8 cm³/mol. The van der Waals surface area contributed by atoms with Crippen molar-refractivity contribution in [2.75, 3.05) is 6.61 Å². The Bertz CT molecular complexity index is 424. The molecule has 7 heteroatoms. The molecule has 0 aliphatic carbocycles. The van der Waals surface area contributed by atoms with E-state index in [-0.39, 0.29) is 12.4 Å². The lowest BCUT2D eigenvalue weighted by Gasteiger charge is -2.27. The molecular weight excluding hydrogens is 253 g/mol. The van der Waals surface area contributed by atoms with E-state index < -0.39 is 24.2 Å². The van der Waals surface area contributed by atoms with Crippen LogP contribution in [0.5, 0.6) is 0 Å². The minimum atomic E-state index is -5.14. The maximum Gasteiger partial charge on any atom is 0.428 e. The molecule has 0 amide bonds. The molecule has 4 nitrogen and oxygen atoms in total. The maximum absolute atomic E-state index is 12.8. The highest BCUT2D eigenvalue weighted by molar-refractivity contribution is 5.80. The molecule has 0 saturated heterocycles. The van der Waals surface area contributed by atoms with Crippen molar-refractivity contribution >= 4 is 5.97 Å². The Morgan fingerprint density at radius 1 is 1.44 bits per heavy atom. The molecule has 0 spiro atoms. The second-order valence-electron chi connectivity index (χ2n) is 3.77. The summed E-state index contributed by atoms with van der Waals surface area (Å²) in [5, 5.41) is 9.55. The van der Waals surface area contributed by atoms with E-state index in [9.17, 15) is 23.1 Å². The van der Waals surface area contributed by atoms with Crippen LogP contribution in [0.4, 0.5) is 13.2 Å². The number of alkyl halides is 3. The first kappa shape index (κ1) is 14.6. The van der Waals surface area contributed by atoms with Crippen LogP contribution in [0.1, 0.15) is 18.4 Å². The average molecular weight is 266 g/mol. The summed E-state index contributed by atoms with van der Waals surface area (Å²) >= 11 is 0. The van der Waals surface area contributed by atoms with E-state index in [0.29, 0.717) is 5.76 Å². The van der Waals surface area contributed by atoms with Gasteiger partial charge < -0.3 is 14.3 Å². The van der Waals surface area contributed by atoms with Crippen LogP contribution in [0.15, 0.2) is 16.5 Å². The highest BCUT2D eigenvalue weighted by atomic mass is 19.4.